The van der Waals surface area contributed by atoms with Crippen LogP contribution in [0.3, 0.4) is 0 Å². The van der Waals surface area contributed by atoms with E-state index in [1.807, 2.05) is 23.1 Å². The molecule has 3 rings (SSSR count). The van der Waals surface area contributed by atoms with Crippen LogP contribution in [0.1, 0.15) is 23.2 Å². The average molecular weight is 436 g/mol. The highest BCUT2D eigenvalue weighted by Gasteiger charge is 2.44. The topological polar surface area (TPSA) is 108 Å². The summed E-state index contributed by atoms with van der Waals surface area (Å²) in [6.07, 6.45) is 2.27. The first-order valence-electron chi connectivity index (χ1n) is 10.3. The summed E-state index contributed by atoms with van der Waals surface area (Å²) in [5.74, 6) is 0.712. The van der Waals surface area contributed by atoms with E-state index < -0.39 is 0 Å². The molecule has 9 heteroatoms. The Hall–Kier alpha value is -2.65. The fraction of sp³-hybridized carbons (Fsp3) is 0.591. The number of carboxylic acid groups (broad SMARTS) is 1. The fourth-order valence-electron chi connectivity index (χ4n) is 4.54. The molecule has 1 heterocycles. The van der Waals surface area contributed by atoms with Gasteiger partial charge in [-0.3, -0.25) is 14.4 Å². The number of likely N-dealkylation sites (tertiary alicyclic amines) is 1. The number of amides is 1. The SMILES string of the molecule is COC(=O)CNc1cccc(C(=O)N2C[C@H]3C[C@@H](N(C)C)[C@H](OC)C[C@H]3C2)c1.O=CO. The summed E-state index contributed by atoms with van der Waals surface area (Å²) in [5.41, 5.74) is 1.38. The minimum absolute atomic E-state index is 0.0477. The number of benzene rings is 1. The van der Waals surface area contributed by atoms with Crippen LogP contribution in [0, 0.1) is 11.8 Å². The number of esters is 1. The zero-order valence-corrected chi connectivity index (χ0v) is 18.6. The third-order valence-electron chi connectivity index (χ3n) is 6.11. The molecule has 0 aromatic heterocycles. The van der Waals surface area contributed by atoms with Crippen LogP contribution in [-0.4, -0.2) is 93.4 Å². The van der Waals surface area contributed by atoms with Crippen molar-refractivity contribution in [3.63, 3.8) is 0 Å². The maximum absolute atomic E-state index is 13.1. The first-order chi connectivity index (χ1) is 14.8. The molecule has 31 heavy (non-hydrogen) atoms. The van der Waals surface area contributed by atoms with E-state index in [1.165, 1.54) is 7.11 Å². The van der Waals surface area contributed by atoms with Crippen molar-refractivity contribution in [3.8, 4) is 0 Å². The molecule has 0 spiro atoms. The molecule has 2 aliphatic rings. The smallest absolute Gasteiger partial charge is 0.325 e. The molecule has 1 aromatic rings. The van der Waals surface area contributed by atoms with Gasteiger partial charge in [-0.05, 0) is 57.0 Å². The summed E-state index contributed by atoms with van der Waals surface area (Å²) in [6, 6.07) is 7.70. The molecule has 0 unspecified atom stereocenters. The number of likely N-dealkylation sites (N-methyl/N-ethyl adjacent to an activating group) is 1. The quantitative estimate of drug-likeness (QED) is 0.510. The molecular weight excluding hydrogens is 402 g/mol. The largest absolute Gasteiger partial charge is 0.483 e. The number of nitrogens with one attached hydrogen (secondary N) is 1. The van der Waals surface area contributed by atoms with E-state index in [0.29, 0.717) is 23.4 Å². The Labute approximate surface area is 183 Å². The highest BCUT2D eigenvalue weighted by Crippen LogP contribution is 2.39. The van der Waals surface area contributed by atoms with Crippen LogP contribution in [0.25, 0.3) is 0 Å². The standard InChI is InChI=1S/C21H31N3O4.CH2O2/c1-23(2)18-9-15-12-24(13-16(15)10-19(18)27-3)21(26)14-6-5-7-17(8-14)22-11-20(25)28-4;2-1-3/h5-8,15-16,18-19,22H,9-13H2,1-4H3;1H,(H,2,3)/t15-,16+,18-,19-;/m1./s1. The first kappa shape index (κ1) is 24.6. The van der Waals surface area contributed by atoms with Gasteiger partial charge >= 0.3 is 5.97 Å². The second-order valence-corrected chi connectivity index (χ2v) is 8.12. The van der Waals surface area contributed by atoms with Gasteiger partial charge in [0, 0.05) is 37.5 Å². The number of carbonyl (C=O) groups is 3. The molecule has 1 saturated heterocycles. The predicted octanol–water partition coefficient (Wildman–Crippen LogP) is 1.40. The third kappa shape index (κ3) is 6.41. The summed E-state index contributed by atoms with van der Waals surface area (Å²) in [7, 11) is 7.33. The molecule has 172 valence electrons. The lowest BCUT2D eigenvalue weighted by Crippen LogP contribution is -2.47. The van der Waals surface area contributed by atoms with Crippen molar-refractivity contribution >= 4 is 24.0 Å². The van der Waals surface area contributed by atoms with Crippen molar-refractivity contribution < 1.29 is 29.0 Å². The Kier molecular flexibility index (Phi) is 9.26. The van der Waals surface area contributed by atoms with Crippen molar-refractivity contribution in [1.29, 1.82) is 0 Å². The Bertz CT molecular complexity index is 757. The summed E-state index contributed by atoms with van der Waals surface area (Å²) in [5, 5.41) is 9.88. The van der Waals surface area contributed by atoms with Crippen LogP contribution >= 0.6 is 0 Å². The van der Waals surface area contributed by atoms with Crippen LogP contribution in [0.5, 0.6) is 0 Å². The van der Waals surface area contributed by atoms with Gasteiger partial charge in [-0.2, -0.15) is 0 Å². The zero-order chi connectivity index (χ0) is 23.0. The summed E-state index contributed by atoms with van der Waals surface area (Å²) in [6.45, 7) is 1.40. The molecule has 1 aliphatic carbocycles. The van der Waals surface area contributed by atoms with E-state index >= 15 is 0 Å². The van der Waals surface area contributed by atoms with Gasteiger partial charge in [0.1, 0.15) is 6.54 Å². The molecule has 9 nitrogen and oxygen atoms in total. The van der Waals surface area contributed by atoms with Gasteiger partial charge in [0.15, 0.2) is 0 Å². The maximum atomic E-state index is 13.1. The molecule has 1 aromatic carbocycles. The average Bonchev–Trinajstić information content (AvgIpc) is 3.19. The van der Waals surface area contributed by atoms with E-state index in [-0.39, 0.29) is 31.0 Å². The molecule has 0 bridgehead atoms. The fourth-order valence-corrected chi connectivity index (χ4v) is 4.54. The molecule has 2 fully saturated rings. The summed E-state index contributed by atoms with van der Waals surface area (Å²) < 4.78 is 10.4. The van der Waals surface area contributed by atoms with E-state index in [4.69, 9.17) is 14.6 Å². The minimum Gasteiger partial charge on any atom is -0.483 e. The first-order valence-corrected chi connectivity index (χ1v) is 10.3. The second kappa shape index (κ2) is 11.7. The summed E-state index contributed by atoms with van der Waals surface area (Å²) in [4.78, 5) is 37.0. The molecular formula is C22H33N3O6. The van der Waals surface area contributed by atoms with E-state index in [2.05, 4.69) is 29.0 Å². The molecule has 2 N–H and O–H groups in total. The van der Waals surface area contributed by atoms with Crippen molar-refractivity contribution in [2.75, 3.05) is 53.3 Å². The predicted molar refractivity (Wildman–Crippen MR) is 116 cm³/mol. The second-order valence-electron chi connectivity index (χ2n) is 8.12. The van der Waals surface area contributed by atoms with Gasteiger partial charge in [0.2, 0.25) is 0 Å². The van der Waals surface area contributed by atoms with Crippen molar-refractivity contribution in [2.45, 2.75) is 25.0 Å². The number of anilines is 1. The minimum atomic E-state index is -0.344. The van der Waals surface area contributed by atoms with Crippen LogP contribution in [0.2, 0.25) is 0 Å². The monoisotopic (exact) mass is 435 g/mol. The lowest BCUT2D eigenvalue weighted by Gasteiger charge is -2.40. The number of methoxy groups -OCH3 is 2. The van der Waals surface area contributed by atoms with Gasteiger partial charge < -0.3 is 29.7 Å². The highest BCUT2D eigenvalue weighted by atomic mass is 16.5. The lowest BCUT2D eigenvalue weighted by molar-refractivity contribution is -0.138. The summed E-state index contributed by atoms with van der Waals surface area (Å²) >= 11 is 0. The Morgan fingerprint density at radius 1 is 1.23 bits per heavy atom. The number of carbonyl (C=O) groups excluding carboxylic acids is 2. The highest BCUT2D eigenvalue weighted by molar-refractivity contribution is 5.95. The number of hydrogen-bond acceptors (Lipinski definition) is 7. The van der Waals surface area contributed by atoms with Crippen LogP contribution in [0.4, 0.5) is 5.69 Å². The third-order valence-corrected chi connectivity index (χ3v) is 6.11. The Morgan fingerprint density at radius 2 is 1.87 bits per heavy atom. The normalized spacial score (nSPS) is 24.6. The molecule has 1 amide bonds. The number of hydrogen-bond donors (Lipinski definition) is 2. The Morgan fingerprint density at radius 3 is 2.45 bits per heavy atom. The van der Waals surface area contributed by atoms with E-state index in [9.17, 15) is 9.59 Å². The van der Waals surface area contributed by atoms with Gasteiger partial charge in [-0.25, -0.2) is 0 Å². The number of ether oxygens (including phenoxy) is 2. The van der Waals surface area contributed by atoms with Gasteiger partial charge in [-0.1, -0.05) is 6.07 Å². The molecule has 4 atom stereocenters. The van der Waals surface area contributed by atoms with Crippen molar-refractivity contribution in [1.82, 2.24) is 9.80 Å². The Balaban J connectivity index is 0.00000107. The molecule has 1 aliphatic heterocycles. The van der Waals surface area contributed by atoms with E-state index in [1.54, 1.807) is 13.2 Å². The maximum Gasteiger partial charge on any atom is 0.325 e. The number of rotatable bonds is 6. The van der Waals surface area contributed by atoms with Gasteiger partial charge in [0.05, 0.1) is 13.2 Å². The molecule has 1 saturated carbocycles. The molecule has 0 radical (unpaired) electrons. The van der Waals surface area contributed by atoms with Gasteiger partial charge in [0.25, 0.3) is 12.4 Å². The van der Waals surface area contributed by atoms with Crippen LogP contribution in [-0.2, 0) is 19.1 Å². The van der Waals surface area contributed by atoms with Crippen molar-refractivity contribution in [2.24, 2.45) is 11.8 Å². The van der Waals surface area contributed by atoms with Gasteiger partial charge in [-0.15, -0.1) is 0 Å². The lowest BCUT2D eigenvalue weighted by atomic mass is 9.77. The number of fused-ring (bicyclic) bond motifs is 1. The van der Waals surface area contributed by atoms with E-state index in [0.717, 1.165) is 31.6 Å². The zero-order valence-electron chi connectivity index (χ0n) is 18.6. The van der Waals surface area contributed by atoms with Crippen molar-refractivity contribution in [3.05, 3.63) is 29.8 Å². The van der Waals surface area contributed by atoms with Crippen LogP contribution in [0.15, 0.2) is 24.3 Å². The van der Waals surface area contributed by atoms with Crippen LogP contribution < -0.4 is 5.32 Å². The number of nitrogens with zero attached hydrogens (tertiary/aromatic N) is 2.